The van der Waals surface area contributed by atoms with Gasteiger partial charge in [0.15, 0.2) is 9.84 Å². The van der Waals surface area contributed by atoms with Gasteiger partial charge in [-0.3, -0.25) is 19.8 Å². The molecule has 0 aliphatic carbocycles. The predicted octanol–water partition coefficient (Wildman–Crippen LogP) is 2.23. The van der Waals surface area contributed by atoms with Crippen LogP contribution in [0, 0.1) is 10.1 Å². The molecular weight excluding hydrogens is 360 g/mol. The van der Waals surface area contributed by atoms with E-state index in [2.05, 4.69) is 4.90 Å². The van der Waals surface area contributed by atoms with Crippen molar-refractivity contribution in [2.24, 2.45) is 0 Å². The number of rotatable bonds is 10. The summed E-state index contributed by atoms with van der Waals surface area (Å²) in [4.78, 5) is 23.0. The number of carboxylic acid groups (broad SMARTS) is 1. The fourth-order valence-corrected chi connectivity index (χ4v) is 4.94. The number of carboxylic acids is 1. The van der Waals surface area contributed by atoms with E-state index in [1.54, 1.807) is 12.1 Å². The molecule has 1 aliphatic rings. The van der Waals surface area contributed by atoms with E-state index in [0.717, 1.165) is 18.4 Å². The summed E-state index contributed by atoms with van der Waals surface area (Å²) in [5.74, 6) is -0.489. The van der Waals surface area contributed by atoms with Crippen molar-refractivity contribution < 1.29 is 23.2 Å². The third-order valence-corrected chi connectivity index (χ3v) is 6.34. The van der Waals surface area contributed by atoms with Crippen molar-refractivity contribution in [2.75, 3.05) is 18.1 Å². The Kier molecular flexibility index (Phi) is 7.10. The number of hydrogen-bond acceptors (Lipinski definition) is 6. The summed E-state index contributed by atoms with van der Waals surface area (Å²) in [7, 11) is -3.01. The Morgan fingerprint density at radius 1 is 1.23 bits per heavy atom. The van der Waals surface area contributed by atoms with Crippen LogP contribution >= 0.6 is 0 Å². The smallest absolute Gasteiger partial charge is 0.303 e. The first kappa shape index (κ1) is 20.3. The van der Waals surface area contributed by atoms with Gasteiger partial charge in [-0.1, -0.05) is 18.6 Å². The van der Waals surface area contributed by atoms with Gasteiger partial charge in [-0.15, -0.1) is 0 Å². The van der Waals surface area contributed by atoms with Gasteiger partial charge in [0.1, 0.15) is 0 Å². The summed E-state index contributed by atoms with van der Waals surface area (Å²) in [6.07, 6.45) is 2.88. The van der Waals surface area contributed by atoms with Crippen LogP contribution in [0.25, 0.3) is 0 Å². The summed E-state index contributed by atoms with van der Waals surface area (Å²) in [5, 5.41) is 19.4. The largest absolute Gasteiger partial charge is 0.481 e. The van der Waals surface area contributed by atoms with E-state index >= 15 is 0 Å². The molecule has 0 unspecified atom stereocenters. The Hall–Kier alpha value is -2.00. The van der Waals surface area contributed by atoms with Gasteiger partial charge in [0.25, 0.3) is 5.69 Å². The molecule has 0 spiro atoms. The van der Waals surface area contributed by atoms with E-state index in [4.69, 9.17) is 5.11 Å². The van der Waals surface area contributed by atoms with Crippen molar-refractivity contribution >= 4 is 21.5 Å². The van der Waals surface area contributed by atoms with Crippen LogP contribution in [0.4, 0.5) is 5.69 Å². The first-order chi connectivity index (χ1) is 12.3. The monoisotopic (exact) mass is 384 g/mol. The lowest BCUT2D eigenvalue weighted by atomic mass is 10.1. The zero-order chi connectivity index (χ0) is 19.2. The number of aliphatic carboxylic acids is 1. The highest BCUT2D eigenvalue weighted by molar-refractivity contribution is 7.91. The Morgan fingerprint density at radius 2 is 1.92 bits per heavy atom. The summed E-state index contributed by atoms with van der Waals surface area (Å²) < 4.78 is 23.6. The van der Waals surface area contributed by atoms with Gasteiger partial charge in [-0.25, -0.2) is 8.42 Å². The Labute approximate surface area is 152 Å². The van der Waals surface area contributed by atoms with Crippen molar-refractivity contribution in [3.8, 4) is 0 Å². The molecule has 0 aromatic heterocycles. The molecule has 1 fully saturated rings. The molecule has 2 rings (SSSR count). The number of unbranched alkanes of at least 4 members (excludes halogenated alkanes) is 2. The number of nitro groups is 1. The van der Waals surface area contributed by atoms with Gasteiger partial charge in [0.2, 0.25) is 0 Å². The molecule has 0 radical (unpaired) electrons. The minimum atomic E-state index is -3.01. The van der Waals surface area contributed by atoms with E-state index in [9.17, 15) is 23.3 Å². The minimum absolute atomic E-state index is 0.0254. The highest BCUT2D eigenvalue weighted by Crippen LogP contribution is 2.22. The Bertz CT molecular complexity index is 732. The van der Waals surface area contributed by atoms with Gasteiger partial charge in [-0.05, 0) is 31.4 Å². The fraction of sp³-hybridized carbons (Fsp3) is 0.588. The van der Waals surface area contributed by atoms with Crippen LogP contribution in [0.1, 0.15) is 37.7 Å². The predicted molar refractivity (Wildman–Crippen MR) is 96.7 cm³/mol. The molecule has 1 aliphatic heterocycles. The summed E-state index contributed by atoms with van der Waals surface area (Å²) in [6.45, 7) is 1.20. The molecule has 1 aromatic rings. The second-order valence-corrected chi connectivity index (χ2v) is 8.88. The Balaban J connectivity index is 1.98. The molecule has 1 atom stereocenters. The fourth-order valence-electron chi connectivity index (χ4n) is 3.18. The van der Waals surface area contributed by atoms with Gasteiger partial charge in [-0.2, -0.15) is 0 Å². The summed E-state index contributed by atoms with van der Waals surface area (Å²) >= 11 is 0. The van der Waals surface area contributed by atoms with E-state index in [0.29, 0.717) is 25.9 Å². The van der Waals surface area contributed by atoms with Crippen molar-refractivity contribution in [1.82, 2.24) is 4.90 Å². The quantitative estimate of drug-likeness (QED) is 0.373. The highest BCUT2D eigenvalue weighted by atomic mass is 32.2. The first-order valence-electron chi connectivity index (χ1n) is 8.66. The third kappa shape index (κ3) is 6.38. The van der Waals surface area contributed by atoms with E-state index in [1.807, 2.05) is 0 Å². The van der Waals surface area contributed by atoms with Crippen LogP contribution in [0.15, 0.2) is 24.3 Å². The van der Waals surface area contributed by atoms with Gasteiger partial charge < -0.3 is 5.11 Å². The van der Waals surface area contributed by atoms with Crippen molar-refractivity contribution in [3.63, 3.8) is 0 Å². The maximum absolute atomic E-state index is 11.8. The average molecular weight is 384 g/mol. The van der Waals surface area contributed by atoms with Crippen molar-refractivity contribution in [1.29, 1.82) is 0 Å². The SMILES string of the molecule is O=C(O)CCCCCN(Cc1ccc([N+](=O)[O-])cc1)[C@@H]1CCS(=O)(=O)C1. The summed E-state index contributed by atoms with van der Waals surface area (Å²) in [5.41, 5.74) is 0.919. The molecule has 9 heteroatoms. The average Bonchev–Trinajstić information content (AvgIpc) is 2.93. The molecule has 8 nitrogen and oxygen atoms in total. The zero-order valence-electron chi connectivity index (χ0n) is 14.5. The minimum Gasteiger partial charge on any atom is -0.481 e. The second kappa shape index (κ2) is 9.09. The normalized spacial score (nSPS) is 18.9. The molecule has 0 bridgehead atoms. The number of sulfone groups is 1. The zero-order valence-corrected chi connectivity index (χ0v) is 15.4. The number of benzene rings is 1. The molecule has 1 aromatic carbocycles. The van der Waals surface area contributed by atoms with Gasteiger partial charge >= 0.3 is 5.97 Å². The van der Waals surface area contributed by atoms with Gasteiger partial charge in [0.05, 0.1) is 16.4 Å². The molecule has 0 amide bonds. The number of carbonyl (C=O) groups is 1. The molecule has 0 saturated carbocycles. The standard InChI is InChI=1S/C17H24N2O6S/c20-17(21)4-2-1-3-10-18(16-9-11-26(24,25)13-16)12-14-5-7-15(8-6-14)19(22)23/h5-8,16H,1-4,9-13H2,(H,20,21)/t16-/m1/s1. The van der Waals surface area contributed by atoms with Crippen LogP contribution in [0.3, 0.4) is 0 Å². The lowest BCUT2D eigenvalue weighted by Gasteiger charge is -2.28. The van der Waals surface area contributed by atoms with E-state index in [1.165, 1.54) is 12.1 Å². The number of nitro benzene ring substituents is 1. The molecule has 1 heterocycles. The molecule has 1 saturated heterocycles. The highest BCUT2D eigenvalue weighted by Gasteiger charge is 2.32. The molecule has 1 N–H and O–H groups in total. The van der Waals surface area contributed by atoms with Crippen LogP contribution in [0.5, 0.6) is 0 Å². The van der Waals surface area contributed by atoms with Gasteiger partial charge in [0, 0.05) is 31.1 Å². The van der Waals surface area contributed by atoms with Crippen LogP contribution in [-0.4, -0.2) is 53.4 Å². The second-order valence-electron chi connectivity index (χ2n) is 6.66. The third-order valence-electron chi connectivity index (χ3n) is 4.59. The maximum atomic E-state index is 11.8. The van der Waals surface area contributed by atoms with Crippen molar-refractivity contribution in [3.05, 3.63) is 39.9 Å². The first-order valence-corrected chi connectivity index (χ1v) is 10.5. The molecular formula is C17H24N2O6S. The maximum Gasteiger partial charge on any atom is 0.303 e. The van der Waals surface area contributed by atoms with E-state index < -0.39 is 20.7 Å². The molecule has 144 valence electrons. The number of hydrogen-bond donors (Lipinski definition) is 1. The lowest BCUT2D eigenvalue weighted by Crippen LogP contribution is -2.36. The number of non-ortho nitro benzene ring substituents is 1. The van der Waals surface area contributed by atoms with Crippen molar-refractivity contribution in [2.45, 2.75) is 44.7 Å². The topological polar surface area (TPSA) is 118 Å². The number of nitrogens with zero attached hydrogens (tertiary/aromatic N) is 2. The van der Waals surface area contributed by atoms with Crippen LogP contribution < -0.4 is 0 Å². The van der Waals surface area contributed by atoms with Crippen LogP contribution in [0.2, 0.25) is 0 Å². The Morgan fingerprint density at radius 3 is 2.46 bits per heavy atom. The lowest BCUT2D eigenvalue weighted by molar-refractivity contribution is -0.384. The molecule has 26 heavy (non-hydrogen) atoms. The summed E-state index contributed by atoms with van der Waals surface area (Å²) in [6, 6.07) is 6.23. The van der Waals surface area contributed by atoms with E-state index in [-0.39, 0.29) is 29.7 Å². The van der Waals surface area contributed by atoms with Crippen LogP contribution in [-0.2, 0) is 21.2 Å².